The fourth-order valence-corrected chi connectivity index (χ4v) is 3.21. The van der Waals surface area contributed by atoms with Crippen LogP contribution >= 0.6 is 12.2 Å². The van der Waals surface area contributed by atoms with E-state index in [2.05, 4.69) is 41.6 Å². The standard InChI is InChI=1S/C14H18N2OS/c1-9-4-3-5-12-13(9)15-14(18)16(12)10(2)11-6-7-17-8-11/h3-5,10-11H,6-8H2,1-2H3,(H,15,18). The minimum absolute atomic E-state index is 0.385. The van der Waals surface area contributed by atoms with Gasteiger partial charge in [-0.2, -0.15) is 0 Å². The van der Waals surface area contributed by atoms with Gasteiger partial charge in [-0.15, -0.1) is 0 Å². The van der Waals surface area contributed by atoms with Crippen molar-refractivity contribution in [3.05, 3.63) is 28.5 Å². The van der Waals surface area contributed by atoms with Crippen molar-refractivity contribution in [3.8, 4) is 0 Å². The van der Waals surface area contributed by atoms with Crippen LogP contribution in [0.4, 0.5) is 0 Å². The molecule has 2 unspecified atom stereocenters. The molecule has 1 saturated heterocycles. The number of nitrogens with zero attached hydrogens (tertiary/aromatic N) is 1. The van der Waals surface area contributed by atoms with Crippen molar-refractivity contribution >= 4 is 23.3 Å². The molecule has 1 aromatic carbocycles. The summed E-state index contributed by atoms with van der Waals surface area (Å²) < 4.78 is 8.56. The van der Waals surface area contributed by atoms with E-state index in [1.165, 1.54) is 11.1 Å². The summed E-state index contributed by atoms with van der Waals surface area (Å²) in [6.45, 7) is 6.08. The van der Waals surface area contributed by atoms with Gasteiger partial charge in [0.25, 0.3) is 0 Å². The Morgan fingerprint density at radius 1 is 1.50 bits per heavy atom. The fourth-order valence-electron chi connectivity index (χ4n) is 2.84. The molecule has 2 aromatic rings. The van der Waals surface area contributed by atoms with E-state index in [4.69, 9.17) is 17.0 Å². The molecule has 2 heterocycles. The molecule has 1 aromatic heterocycles. The average Bonchev–Trinajstić information content (AvgIpc) is 2.96. The monoisotopic (exact) mass is 262 g/mol. The molecule has 1 N–H and O–H groups in total. The van der Waals surface area contributed by atoms with Crippen LogP contribution in [0.5, 0.6) is 0 Å². The Balaban J connectivity index is 2.13. The normalized spacial score (nSPS) is 21.6. The molecule has 18 heavy (non-hydrogen) atoms. The Hall–Kier alpha value is -1.13. The van der Waals surface area contributed by atoms with Crippen LogP contribution in [-0.4, -0.2) is 22.8 Å². The lowest BCUT2D eigenvalue weighted by Gasteiger charge is -2.20. The van der Waals surface area contributed by atoms with Gasteiger partial charge < -0.3 is 14.3 Å². The van der Waals surface area contributed by atoms with Gasteiger partial charge in [0.2, 0.25) is 0 Å². The Labute approximate surface area is 112 Å². The van der Waals surface area contributed by atoms with Gasteiger partial charge in [-0.3, -0.25) is 0 Å². The second-order valence-corrected chi connectivity index (χ2v) is 5.52. The maximum Gasteiger partial charge on any atom is 0.178 e. The highest BCUT2D eigenvalue weighted by atomic mass is 32.1. The third-order valence-electron chi connectivity index (χ3n) is 4.02. The lowest BCUT2D eigenvalue weighted by molar-refractivity contribution is 0.175. The van der Waals surface area contributed by atoms with Crippen molar-refractivity contribution in [2.75, 3.05) is 13.2 Å². The van der Waals surface area contributed by atoms with Gasteiger partial charge in [0.15, 0.2) is 4.77 Å². The van der Waals surface area contributed by atoms with E-state index >= 15 is 0 Å². The minimum Gasteiger partial charge on any atom is -0.381 e. The quantitative estimate of drug-likeness (QED) is 0.838. The number of H-pyrrole nitrogens is 1. The molecule has 3 nitrogen and oxygen atoms in total. The van der Waals surface area contributed by atoms with Gasteiger partial charge in [-0.25, -0.2) is 0 Å². The van der Waals surface area contributed by atoms with Gasteiger partial charge in [0, 0.05) is 18.6 Å². The molecule has 1 aliphatic heterocycles. The van der Waals surface area contributed by atoms with Crippen molar-refractivity contribution in [2.45, 2.75) is 26.3 Å². The van der Waals surface area contributed by atoms with E-state index in [-0.39, 0.29) is 0 Å². The first-order valence-electron chi connectivity index (χ1n) is 6.46. The second kappa shape index (κ2) is 4.52. The van der Waals surface area contributed by atoms with Crippen LogP contribution in [-0.2, 0) is 4.74 Å². The zero-order chi connectivity index (χ0) is 12.7. The first kappa shape index (κ1) is 11.9. The summed E-state index contributed by atoms with van der Waals surface area (Å²) in [6, 6.07) is 6.73. The minimum atomic E-state index is 0.385. The average molecular weight is 262 g/mol. The third-order valence-corrected chi connectivity index (χ3v) is 4.31. The molecule has 0 aliphatic carbocycles. The van der Waals surface area contributed by atoms with Gasteiger partial charge >= 0.3 is 0 Å². The first-order chi connectivity index (χ1) is 8.68. The van der Waals surface area contributed by atoms with Crippen molar-refractivity contribution in [2.24, 2.45) is 5.92 Å². The van der Waals surface area contributed by atoms with Crippen molar-refractivity contribution in [1.29, 1.82) is 0 Å². The maximum absolute atomic E-state index is 5.49. The molecular weight excluding hydrogens is 244 g/mol. The molecule has 1 aliphatic rings. The SMILES string of the molecule is Cc1cccc2c1[nH]c(=S)n2C(C)C1CCOC1. The number of benzene rings is 1. The molecule has 96 valence electrons. The van der Waals surface area contributed by atoms with E-state index in [9.17, 15) is 0 Å². The Morgan fingerprint density at radius 3 is 3.06 bits per heavy atom. The molecule has 0 amide bonds. The summed E-state index contributed by atoms with van der Waals surface area (Å²) >= 11 is 5.49. The van der Waals surface area contributed by atoms with Crippen molar-refractivity contribution < 1.29 is 4.74 Å². The highest BCUT2D eigenvalue weighted by Gasteiger charge is 2.25. The highest BCUT2D eigenvalue weighted by Crippen LogP contribution is 2.30. The van der Waals surface area contributed by atoms with Gasteiger partial charge in [-0.1, -0.05) is 12.1 Å². The number of aryl methyl sites for hydroxylation is 1. The number of nitrogens with one attached hydrogen (secondary N) is 1. The van der Waals surface area contributed by atoms with Gasteiger partial charge in [0.05, 0.1) is 17.6 Å². The molecule has 1 fully saturated rings. The van der Waals surface area contributed by atoms with Crippen LogP contribution in [0.3, 0.4) is 0 Å². The Morgan fingerprint density at radius 2 is 2.33 bits per heavy atom. The first-order valence-corrected chi connectivity index (χ1v) is 6.87. The van der Waals surface area contributed by atoms with E-state index in [1.54, 1.807) is 0 Å². The van der Waals surface area contributed by atoms with Gasteiger partial charge in [0.1, 0.15) is 0 Å². The summed E-state index contributed by atoms with van der Waals surface area (Å²) in [7, 11) is 0. The van der Waals surface area contributed by atoms with Crippen LogP contribution < -0.4 is 0 Å². The van der Waals surface area contributed by atoms with Crippen LogP contribution in [0.1, 0.15) is 24.9 Å². The van der Waals surface area contributed by atoms with Crippen molar-refractivity contribution in [3.63, 3.8) is 0 Å². The van der Waals surface area contributed by atoms with E-state index < -0.39 is 0 Å². The highest BCUT2D eigenvalue weighted by molar-refractivity contribution is 7.71. The van der Waals surface area contributed by atoms with E-state index in [1.807, 2.05) is 0 Å². The molecular formula is C14H18N2OS. The number of fused-ring (bicyclic) bond motifs is 1. The second-order valence-electron chi connectivity index (χ2n) is 5.13. The summed E-state index contributed by atoms with van der Waals surface area (Å²) in [4.78, 5) is 3.34. The number of aromatic amines is 1. The number of hydrogen-bond donors (Lipinski definition) is 1. The fraction of sp³-hybridized carbons (Fsp3) is 0.500. The number of imidazole rings is 1. The van der Waals surface area contributed by atoms with E-state index in [0.29, 0.717) is 12.0 Å². The molecule has 2 atom stereocenters. The summed E-state index contributed by atoms with van der Waals surface area (Å²) in [5.74, 6) is 0.566. The van der Waals surface area contributed by atoms with E-state index in [0.717, 1.165) is 29.9 Å². The molecule has 0 radical (unpaired) electrons. The number of rotatable bonds is 2. The predicted octanol–water partition coefficient (Wildman–Crippen LogP) is 3.60. The summed E-state index contributed by atoms with van der Waals surface area (Å²) in [5.41, 5.74) is 3.61. The molecule has 0 saturated carbocycles. The van der Waals surface area contributed by atoms with Crippen molar-refractivity contribution in [1.82, 2.24) is 9.55 Å². The number of hydrogen-bond acceptors (Lipinski definition) is 2. The Kier molecular flexibility index (Phi) is 2.99. The number of aromatic nitrogens is 2. The molecule has 0 bridgehead atoms. The largest absolute Gasteiger partial charge is 0.381 e. The van der Waals surface area contributed by atoms with Gasteiger partial charge in [-0.05, 0) is 44.1 Å². The topological polar surface area (TPSA) is 29.9 Å². The lowest BCUT2D eigenvalue weighted by atomic mass is 10.0. The summed E-state index contributed by atoms with van der Waals surface area (Å²) in [6.07, 6.45) is 1.13. The smallest absolute Gasteiger partial charge is 0.178 e. The van der Waals surface area contributed by atoms with Crippen LogP contribution in [0.15, 0.2) is 18.2 Å². The van der Waals surface area contributed by atoms with Crippen LogP contribution in [0.25, 0.3) is 11.0 Å². The number of ether oxygens (including phenoxy) is 1. The summed E-state index contributed by atoms with van der Waals surface area (Å²) in [5, 5.41) is 0. The number of para-hydroxylation sites is 1. The molecule has 0 spiro atoms. The zero-order valence-corrected chi connectivity index (χ0v) is 11.6. The third kappa shape index (κ3) is 1.80. The van der Waals surface area contributed by atoms with Crippen LogP contribution in [0.2, 0.25) is 0 Å². The molecule has 4 heteroatoms. The Bertz CT molecular complexity index is 622. The lowest BCUT2D eigenvalue weighted by Crippen LogP contribution is -2.16. The zero-order valence-electron chi connectivity index (χ0n) is 10.8. The van der Waals surface area contributed by atoms with Crippen LogP contribution in [0, 0.1) is 17.6 Å². The maximum atomic E-state index is 5.49. The molecule has 3 rings (SSSR count). The predicted molar refractivity (Wildman–Crippen MR) is 75.5 cm³/mol.